The Labute approximate surface area is 111 Å². The summed E-state index contributed by atoms with van der Waals surface area (Å²) in [6.07, 6.45) is -15.7. The van der Waals surface area contributed by atoms with E-state index in [1.807, 2.05) is 0 Å². The molecule has 0 aliphatic rings. The molecule has 0 atom stereocenters. The fraction of sp³-hybridized carbons (Fsp3) is 0.375. The van der Waals surface area contributed by atoms with Crippen LogP contribution in [-0.2, 0) is 0 Å². The Morgan fingerprint density at radius 3 is 2.14 bits per heavy atom. The number of ether oxygens (including phenoxy) is 1. The highest BCUT2D eigenvalue weighted by molar-refractivity contribution is 5.47. The lowest BCUT2D eigenvalue weighted by atomic mass is 10.3. The number of alkyl halides is 6. The third-order valence-corrected chi connectivity index (χ3v) is 1.98. The van der Waals surface area contributed by atoms with Crippen molar-refractivity contribution in [3.05, 3.63) is 22.2 Å². The number of nitrogens with one attached hydrogen (secondary N) is 1. The standard InChI is InChI=1S/C8H6F6N4O3/c9-7(10,11)6(8(12,13)14)21-5-2-3(18(19)20)1-4(16-5)17-15/h1-2,6H,15H2,(H,16,17). The lowest BCUT2D eigenvalue weighted by molar-refractivity contribution is -0.385. The number of halogens is 6. The fourth-order valence-electron chi connectivity index (χ4n) is 1.17. The second kappa shape index (κ2) is 5.59. The molecule has 13 heteroatoms. The Kier molecular flexibility index (Phi) is 4.46. The summed E-state index contributed by atoms with van der Waals surface area (Å²) in [5, 5.41) is 10.5. The summed E-state index contributed by atoms with van der Waals surface area (Å²) in [4.78, 5) is 12.6. The minimum atomic E-state index is -5.78. The van der Waals surface area contributed by atoms with E-state index in [0.29, 0.717) is 12.1 Å². The van der Waals surface area contributed by atoms with E-state index in [4.69, 9.17) is 5.84 Å². The van der Waals surface area contributed by atoms with E-state index in [-0.39, 0.29) is 0 Å². The molecule has 0 saturated carbocycles. The minimum Gasteiger partial charge on any atom is -0.454 e. The van der Waals surface area contributed by atoms with Crippen LogP contribution < -0.4 is 16.0 Å². The molecule has 0 aliphatic heterocycles. The van der Waals surface area contributed by atoms with Crippen LogP contribution in [0.3, 0.4) is 0 Å². The number of hydrogen-bond donors (Lipinski definition) is 2. The maximum absolute atomic E-state index is 12.3. The van der Waals surface area contributed by atoms with Crippen molar-refractivity contribution in [2.24, 2.45) is 5.84 Å². The van der Waals surface area contributed by atoms with Crippen LogP contribution in [0.4, 0.5) is 37.8 Å². The summed E-state index contributed by atoms with van der Waals surface area (Å²) < 4.78 is 77.5. The van der Waals surface area contributed by atoms with Crippen LogP contribution in [0.5, 0.6) is 5.88 Å². The first-order valence-corrected chi connectivity index (χ1v) is 4.88. The smallest absolute Gasteiger partial charge is 0.434 e. The molecule has 0 aromatic carbocycles. The molecule has 0 aliphatic carbocycles. The van der Waals surface area contributed by atoms with Crippen molar-refractivity contribution in [3.63, 3.8) is 0 Å². The number of nitrogen functional groups attached to an aromatic ring is 1. The van der Waals surface area contributed by atoms with Crippen LogP contribution in [0, 0.1) is 10.1 Å². The van der Waals surface area contributed by atoms with Gasteiger partial charge in [-0.1, -0.05) is 0 Å². The van der Waals surface area contributed by atoms with Gasteiger partial charge in [0.1, 0.15) is 0 Å². The Balaban J connectivity index is 3.21. The van der Waals surface area contributed by atoms with E-state index >= 15 is 0 Å². The molecule has 1 aromatic heterocycles. The molecule has 0 fully saturated rings. The summed E-state index contributed by atoms with van der Waals surface area (Å²) in [7, 11) is 0. The Bertz CT molecular complexity index is 518. The summed E-state index contributed by atoms with van der Waals surface area (Å²) in [5.41, 5.74) is 0.904. The fourth-order valence-corrected chi connectivity index (χ4v) is 1.17. The van der Waals surface area contributed by atoms with Gasteiger partial charge >= 0.3 is 12.4 Å². The zero-order valence-electron chi connectivity index (χ0n) is 9.70. The Hall–Kier alpha value is -2.31. The van der Waals surface area contributed by atoms with Gasteiger partial charge in [-0.15, -0.1) is 0 Å². The third-order valence-electron chi connectivity index (χ3n) is 1.98. The van der Waals surface area contributed by atoms with Crippen molar-refractivity contribution in [1.82, 2.24) is 4.98 Å². The first kappa shape index (κ1) is 16.7. The van der Waals surface area contributed by atoms with Crippen LogP contribution >= 0.6 is 0 Å². The number of hydrogen-bond acceptors (Lipinski definition) is 6. The van der Waals surface area contributed by atoms with Gasteiger partial charge in [0.05, 0.1) is 17.1 Å². The molecule has 118 valence electrons. The Morgan fingerprint density at radius 2 is 1.76 bits per heavy atom. The minimum absolute atomic E-state index is 0.311. The van der Waals surface area contributed by atoms with Gasteiger partial charge in [0.25, 0.3) is 11.8 Å². The molecule has 0 saturated heterocycles. The van der Waals surface area contributed by atoms with Gasteiger partial charge in [0.2, 0.25) is 5.88 Å². The molecule has 1 aromatic rings. The zero-order chi connectivity index (χ0) is 16.4. The van der Waals surface area contributed by atoms with Crippen LogP contribution in [0.25, 0.3) is 0 Å². The maximum atomic E-state index is 12.3. The van der Waals surface area contributed by atoms with Crippen molar-refractivity contribution in [3.8, 4) is 5.88 Å². The average Bonchev–Trinajstić information content (AvgIpc) is 2.32. The van der Waals surface area contributed by atoms with E-state index in [1.165, 1.54) is 0 Å². The van der Waals surface area contributed by atoms with Crippen molar-refractivity contribution in [2.75, 3.05) is 5.43 Å². The van der Waals surface area contributed by atoms with Gasteiger partial charge in [-0.2, -0.15) is 31.3 Å². The molecule has 0 bridgehead atoms. The molecular weight excluding hydrogens is 314 g/mol. The van der Waals surface area contributed by atoms with Gasteiger partial charge in [0, 0.05) is 0 Å². The van der Waals surface area contributed by atoms with E-state index in [0.717, 1.165) is 0 Å². The van der Waals surface area contributed by atoms with Crippen molar-refractivity contribution in [2.45, 2.75) is 18.5 Å². The molecule has 7 nitrogen and oxygen atoms in total. The monoisotopic (exact) mass is 320 g/mol. The van der Waals surface area contributed by atoms with Crippen LogP contribution in [-0.4, -0.2) is 28.4 Å². The highest BCUT2D eigenvalue weighted by Gasteiger charge is 2.59. The number of nitrogens with zero attached hydrogens (tertiary/aromatic N) is 2. The largest absolute Gasteiger partial charge is 0.454 e. The number of anilines is 1. The summed E-state index contributed by atoms with van der Waals surface area (Å²) >= 11 is 0. The molecule has 0 spiro atoms. The number of hydrazine groups is 1. The molecule has 3 N–H and O–H groups in total. The predicted octanol–water partition coefficient (Wildman–Crippen LogP) is 2.15. The molecule has 1 rings (SSSR count). The summed E-state index contributed by atoms with van der Waals surface area (Å²) in [6.45, 7) is 0. The lowest BCUT2D eigenvalue weighted by Gasteiger charge is -2.23. The topological polar surface area (TPSA) is 103 Å². The van der Waals surface area contributed by atoms with Gasteiger partial charge in [-0.05, 0) is 0 Å². The van der Waals surface area contributed by atoms with E-state index in [1.54, 1.807) is 5.43 Å². The first-order chi connectivity index (χ1) is 9.45. The van der Waals surface area contributed by atoms with Crippen LogP contribution in [0.2, 0.25) is 0 Å². The normalized spacial score (nSPS) is 12.4. The molecule has 1 heterocycles. The first-order valence-electron chi connectivity index (χ1n) is 4.88. The maximum Gasteiger partial charge on any atom is 0.434 e. The van der Waals surface area contributed by atoms with Gasteiger partial charge in [-0.25, -0.2) is 5.84 Å². The molecular formula is C8H6F6N4O3. The van der Waals surface area contributed by atoms with Crippen molar-refractivity contribution >= 4 is 11.5 Å². The third kappa shape index (κ3) is 4.34. The summed E-state index contributed by atoms with van der Waals surface area (Å²) in [5.74, 6) is 3.06. The second-order valence-corrected chi connectivity index (χ2v) is 3.53. The van der Waals surface area contributed by atoms with Crippen molar-refractivity contribution < 1.29 is 36.0 Å². The highest BCUT2D eigenvalue weighted by Crippen LogP contribution is 2.36. The number of pyridine rings is 1. The quantitative estimate of drug-likeness (QED) is 0.381. The van der Waals surface area contributed by atoms with Crippen LogP contribution in [0.15, 0.2) is 12.1 Å². The van der Waals surface area contributed by atoms with Crippen LogP contribution in [0.1, 0.15) is 0 Å². The molecule has 0 amide bonds. The number of nitrogens with two attached hydrogens (primary N) is 1. The average molecular weight is 320 g/mol. The highest BCUT2D eigenvalue weighted by atomic mass is 19.4. The number of nitro groups is 1. The van der Waals surface area contributed by atoms with Gasteiger partial charge in [-0.3, -0.25) is 10.1 Å². The summed E-state index contributed by atoms with van der Waals surface area (Å²) in [6, 6.07) is 1.01. The Morgan fingerprint density at radius 1 is 1.24 bits per heavy atom. The zero-order valence-corrected chi connectivity index (χ0v) is 9.70. The lowest BCUT2D eigenvalue weighted by Crippen LogP contribution is -2.46. The molecule has 0 unspecified atom stereocenters. The van der Waals surface area contributed by atoms with E-state index in [2.05, 4.69) is 9.72 Å². The van der Waals surface area contributed by atoms with E-state index < -0.39 is 40.8 Å². The van der Waals surface area contributed by atoms with Gasteiger partial charge < -0.3 is 10.2 Å². The number of aromatic nitrogens is 1. The molecule has 21 heavy (non-hydrogen) atoms. The second-order valence-electron chi connectivity index (χ2n) is 3.53. The number of rotatable bonds is 4. The molecule has 0 radical (unpaired) electrons. The predicted molar refractivity (Wildman–Crippen MR) is 55.2 cm³/mol. The van der Waals surface area contributed by atoms with Gasteiger partial charge in [0.15, 0.2) is 5.82 Å². The van der Waals surface area contributed by atoms with Crippen molar-refractivity contribution in [1.29, 1.82) is 0 Å². The SMILES string of the molecule is NNc1cc([N+](=O)[O-])cc(OC(C(F)(F)F)C(F)(F)F)n1. The van der Waals surface area contributed by atoms with E-state index in [9.17, 15) is 36.5 Å².